The highest BCUT2D eigenvalue weighted by molar-refractivity contribution is 5.55. The van der Waals surface area contributed by atoms with E-state index in [1.165, 1.54) is 0 Å². The van der Waals surface area contributed by atoms with Crippen LogP contribution in [0.4, 0.5) is 0 Å². The zero-order valence-electron chi connectivity index (χ0n) is 13.7. The molecule has 0 radical (unpaired) electrons. The number of hydrogen-bond donors (Lipinski definition) is 0. The van der Waals surface area contributed by atoms with E-state index >= 15 is 0 Å². The van der Waals surface area contributed by atoms with Crippen molar-refractivity contribution in [1.82, 2.24) is 24.7 Å². The summed E-state index contributed by atoms with van der Waals surface area (Å²) in [4.78, 5) is 8.54. The number of hydrogen-bond acceptors (Lipinski definition) is 6. The van der Waals surface area contributed by atoms with Gasteiger partial charge < -0.3 is 13.7 Å². The first kappa shape index (κ1) is 15.0. The molecule has 1 aliphatic rings. The number of rotatable bonds is 4. The Labute approximate surface area is 139 Å². The van der Waals surface area contributed by atoms with Crippen molar-refractivity contribution in [3.63, 3.8) is 0 Å². The van der Waals surface area contributed by atoms with E-state index in [2.05, 4.69) is 24.7 Å². The number of imidazole rings is 1. The van der Waals surface area contributed by atoms with Gasteiger partial charge in [-0.15, -0.1) is 10.2 Å². The molecule has 3 aromatic rings. The van der Waals surface area contributed by atoms with E-state index in [0.29, 0.717) is 24.3 Å². The summed E-state index contributed by atoms with van der Waals surface area (Å²) < 4.78 is 13.8. The first-order valence-corrected chi connectivity index (χ1v) is 8.06. The van der Waals surface area contributed by atoms with Crippen LogP contribution >= 0.6 is 0 Å². The lowest BCUT2D eigenvalue weighted by Gasteiger charge is -2.15. The summed E-state index contributed by atoms with van der Waals surface area (Å²) in [6.45, 7) is 5.43. The summed E-state index contributed by atoms with van der Waals surface area (Å²) in [5.41, 5.74) is 2.71. The van der Waals surface area contributed by atoms with Crippen LogP contribution < -0.4 is 0 Å². The zero-order valence-corrected chi connectivity index (χ0v) is 13.7. The lowest BCUT2D eigenvalue weighted by Crippen LogP contribution is -2.14. The second-order valence-corrected chi connectivity index (χ2v) is 6.13. The smallest absolute Gasteiger partial charge is 0.249 e. The molecule has 0 aromatic carbocycles. The van der Waals surface area contributed by atoms with Gasteiger partial charge in [0, 0.05) is 37.2 Å². The van der Waals surface area contributed by atoms with Crippen LogP contribution in [0.15, 0.2) is 35.3 Å². The first-order valence-electron chi connectivity index (χ1n) is 8.06. The van der Waals surface area contributed by atoms with Crippen LogP contribution in [0.1, 0.15) is 29.8 Å². The van der Waals surface area contributed by atoms with Gasteiger partial charge in [-0.1, -0.05) is 0 Å². The van der Waals surface area contributed by atoms with Crippen molar-refractivity contribution in [2.24, 2.45) is 5.92 Å². The van der Waals surface area contributed by atoms with Gasteiger partial charge in [0.05, 0.1) is 17.6 Å². The lowest BCUT2D eigenvalue weighted by atomic mass is 10.0. The van der Waals surface area contributed by atoms with Crippen LogP contribution in [0.25, 0.3) is 11.5 Å². The normalized spacial score (nSPS) is 20.6. The van der Waals surface area contributed by atoms with Crippen molar-refractivity contribution in [2.75, 3.05) is 6.61 Å². The highest BCUT2D eigenvalue weighted by Gasteiger charge is 2.34. The van der Waals surface area contributed by atoms with Gasteiger partial charge in [-0.3, -0.25) is 4.98 Å². The third kappa shape index (κ3) is 2.82. The molecule has 0 aliphatic carbocycles. The Bertz CT molecular complexity index is 827. The minimum absolute atomic E-state index is 0.174. The van der Waals surface area contributed by atoms with Crippen molar-refractivity contribution in [2.45, 2.75) is 32.9 Å². The van der Waals surface area contributed by atoms with Gasteiger partial charge in [0.2, 0.25) is 11.8 Å². The van der Waals surface area contributed by atoms with Gasteiger partial charge in [-0.2, -0.15) is 0 Å². The molecule has 4 heterocycles. The van der Waals surface area contributed by atoms with Gasteiger partial charge in [-0.25, -0.2) is 4.98 Å². The molecule has 7 nitrogen and oxygen atoms in total. The maximum atomic E-state index is 5.91. The molecule has 4 rings (SSSR count). The van der Waals surface area contributed by atoms with Crippen molar-refractivity contribution >= 4 is 0 Å². The summed E-state index contributed by atoms with van der Waals surface area (Å²) >= 11 is 0. The van der Waals surface area contributed by atoms with Crippen LogP contribution in [0, 0.1) is 19.8 Å². The summed E-state index contributed by atoms with van der Waals surface area (Å²) in [6.07, 6.45) is 6.34. The van der Waals surface area contributed by atoms with Gasteiger partial charge in [0.25, 0.3) is 0 Å². The number of pyridine rings is 1. The maximum absolute atomic E-state index is 5.91. The molecule has 7 heteroatoms. The predicted molar refractivity (Wildman–Crippen MR) is 86.0 cm³/mol. The number of nitrogens with zero attached hydrogens (tertiary/aromatic N) is 5. The minimum Gasteiger partial charge on any atom is -0.418 e. The molecule has 24 heavy (non-hydrogen) atoms. The molecule has 3 aromatic heterocycles. The van der Waals surface area contributed by atoms with E-state index in [9.17, 15) is 0 Å². The Morgan fingerprint density at radius 2 is 2.17 bits per heavy atom. The molecule has 0 bridgehead atoms. The van der Waals surface area contributed by atoms with E-state index in [4.69, 9.17) is 9.15 Å². The first-order chi connectivity index (χ1) is 11.7. The minimum atomic E-state index is -0.174. The van der Waals surface area contributed by atoms with Gasteiger partial charge in [-0.05, 0) is 32.4 Å². The monoisotopic (exact) mass is 325 g/mol. The standard InChI is InChI=1S/C17H19N5O2/c1-11-3-4-14(12(2)19-11)16-20-21-17(24-16)15-13(5-8-23-15)9-22-7-6-18-10-22/h3-4,6-7,10,13,15H,5,8-9H2,1-2H3/t13-,15-/m0/s1. The van der Waals surface area contributed by atoms with Gasteiger partial charge >= 0.3 is 0 Å². The van der Waals surface area contributed by atoms with Crippen molar-refractivity contribution in [3.8, 4) is 11.5 Å². The molecule has 1 aliphatic heterocycles. The lowest BCUT2D eigenvalue weighted by molar-refractivity contribution is 0.0642. The van der Waals surface area contributed by atoms with Crippen LogP contribution in [0.5, 0.6) is 0 Å². The molecule has 0 unspecified atom stereocenters. The third-order valence-corrected chi connectivity index (χ3v) is 4.36. The third-order valence-electron chi connectivity index (χ3n) is 4.36. The topological polar surface area (TPSA) is 78.9 Å². The molecule has 124 valence electrons. The van der Waals surface area contributed by atoms with E-state index in [1.807, 2.05) is 38.5 Å². The Morgan fingerprint density at radius 1 is 1.25 bits per heavy atom. The summed E-state index contributed by atoms with van der Waals surface area (Å²) in [6, 6.07) is 3.91. The molecule has 1 saturated heterocycles. The number of aromatic nitrogens is 5. The van der Waals surface area contributed by atoms with E-state index < -0.39 is 0 Å². The fraction of sp³-hybridized carbons (Fsp3) is 0.412. The molecule has 0 amide bonds. The molecule has 0 saturated carbocycles. The average Bonchev–Trinajstić information content (AvgIpc) is 3.28. The maximum Gasteiger partial charge on any atom is 0.249 e. The largest absolute Gasteiger partial charge is 0.418 e. The summed E-state index contributed by atoms with van der Waals surface area (Å²) in [5, 5.41) is 8.42. The van der Waals surface area contributed by atoms with Crippen LogP contribution in [-0.4, -0.2) is 31.3 Å². The zero-order chi connectivity index (χ0) is 16.5. The van der Waals surface area contributed by atoms with Crippen LogP contribution in [0.2, 0.25) is 0 Å². The fourth-order valence-electron chi connectivity index (χ4n) is 3.13. The second kappa shape index (κ2) is 6.16. The van der Waals surface area contributed by atoms with Crippen molar-refractivity contribution in [3.05, 3.63) is 48.1 Å². The number of aryl methyl sites for hydroxylation is 2. The SMILES string of the molecule is Cc1ccc(-c2nnc([C@H]3OCC[C@H]3Cn3ccnc3)o2)c(C)n1. The highest BCUT2D eigenvalue weighted by Crippen LogP contribution is 2.36. The molecule has 0 N–H and O–H groups in total. The summed E-state index contributed by atoms with van der Waals surface area (Å²) in [7, 11) is 0. The Balaban J connectivity index is 1.57. The van der Waals surface area contributed by atoms with E-state index in [1.54, 1.807) is 6.20 Å². The Hall–Kier alpha value is -2.54. The van der Waals surface area contributed by atoms with Crippen molar-refractivity contribution in [1.29, 1.82) is 0 Å². The van der Waals surface area contributed by atoms with Gasteiger partial charge in [0.1, 0.15) is 6.10 Å². The van der Waals surface area contributed by atoms with Crippen LogP contribution in [-0.2, 0) is 11.3 Å². The highest BCUT2D eigenvalue weighted by atomic mass is 16.5. The molecule has 0 spiro atoms. The quantitative estimate of drug-likeness (QED) is 0.734. The fourth-order valence-corrected chi connectivity index (χ4v) is 3.13. The Kier molecular flexibility index (Phi) is 3.86. The predicted octanol–water partition coefficient (Wildman–Crippen LogP) is 2.72. The van der Waals surface area contributed by atoms with E-state index in [-0.39, 0.29) is 6.10 Å². The van der Waals surface area contributed by atoms with Crippen molar-refractivity contribution < 1.29 is 9.15 Å². The number of ether oxygens (including phenoxy) is 1. The molecule has 2 atom stereocenters. The van der Waals surface area contributed by atoms with E-state index in [0.717, 1.165) is 29.9 Å². The molecular weight excluding hydrogens is 306 g/mol. The average molecular weight is 325 g/mol. The van der Waals surface area contributed by atoms with Gasteiger partial charge in [0.15, 0.2) is 0 Å². The summed E-state index contributed by atoms with van der Waals surface area (Å²) in [5.74, 6) is 1.32. The Morgan fingerprint density at radius 3 is 2.96 bits per heavy atom. The molecule has 1 fully saturated rings. The van der Waals surface area contributed by atoms with Crippen LogP contribution in [0.3, 0.4) is 0 Å². The second-order valence-electron chi connectivity index (χ2n) is 6.13. The molecular formula is C17H19N5O2.